The molecule has 1 fully saturated rings. The molecule has 6 heteroatoms. The van der Waals surface area contributed by atoms with Gasteiger partial charge >= 0.3 is 0 Å². The van der Waals surface area contributed by atoms with E-state index in [0.717, 1.165) is 48.4 Å². The minimum absolute atomic E-state index is 0.132. The maximum Gasteiger partial charge on any atom is 0.231 e. The molecule has 2 aromatic heterocycles. The number of carbonyl (C=O) groups excluding carboxylic acids is 1. The van der Waals surface area contributed by atoms with Crippen molar-refractivity contribution in [2.24, 2.45) is 0 Å². The molecule has 0 aromatic carbocycles. The highest BCUT2D eigenvalue weighted by Gasteiger charge is 2.45. The highest BCUT2D eigenvalue weighted by atomic mass is 16.5. The lowest BCUT2D eigenvalue weighted by molar-refractivity contribution is -0.128. The van der Waals surface area contributed by atoms with Crippen LogP contribution in [-0.2, 0) is 16.8 Å². The van der Waals surface area contributed by atoms with Crippen LogP contribution in [0.25, 0.3) is 11.3 Å². The number of amides is 1. The molecule has 1 amide bonds. The molecule has 25 heavy (non-hydrogen) atoms. The predicted molar refractivity (Wildman–Crippen MR) is 94.3 cm³/mol. The molecule has 0 unspecified atom stereocenters. The number of hydrogen-bond acceptors (Lipinski definition) is 5. The van der Waals surface area contributed by atoms with Crippen molar-refractivity contribution in [3.05, 3.63) is 41.7 Å². The van der Waals surface area contributed by atoms with Crippen LogP contribution in [0.4, 0.5) is 0 Å². The van der Waals surface area contributed by atoms with Crippen molar-refractivity contribution in [2.45, 2.75) is 31.7 Å². The van der Waals surface area contributed by atoms with Gasteiger partial charge in [0.05, 0.1) is 35.5 Å². The maximum absolute atomic E-state index is 12.6. The fourth-order valence-electron chi connectivity index (χ4n) is 3.86. The molecular formula is C19H22N4O2. The highest BCUT2D eigenvalue weighted by molar-refractivity contribution is 5.90. The number of aromatic nitrogens is 2. The summed E-state index contributed by atoms with van der Waals surface area (Å²) in [5.41, 5.74) is 3.29. The van der Waals surface area contributed by atoms with E-state index in [2.05, 4.69) is 21.7 Å². The van der Waals surface area contributed by atoms with Crippen molar-refractivity contribution in [1.82, 2.24) is 20.6 Å². The lowest BCUT2D eigenvalue weighted by Crippen LogP contribution is -2.54. The zero-order valence-corrected chi connectivity index (χ0v) is 14.3. The second kappa shape index (κ2) is 6.44. The van der Waals surface area contributed by atoms with Crippen LogP contribution in [0.5, 0.6) is 5.88 Å². The number of carbonyl (C=O) groups is 1. The van der Waals surface area contributed by atoms with Gasteiger partial charge in [0.15, 0.2) is 0 Å². The molecule has 130 valence electrons. The number of nitrogens with zero attached hydrogens (tertiary/aromatic N) is 2. The molecule has 6 nitrogen and oxygen atoms in total. The topological polar surface area (TPSA) is 76.1 Å². The normalized spacial score (nSPS) is 18.5. The van der Waals surface area contributed by atoms with E-state index in [0.29, 0.717) is 19.0 Å². The fourth-order valence-corrected chi connectivity index (χ4v) is 3.86. The molecular weight excluding hydrogens is 316 g/mol. The summed E-state index contributed by atoms with van der Waals surface area (Å²) in [6.07, 6.45) is 3.34. The summed E-state index contributed by atoms with van der Waals surface area (Å²) >= 11 is 0. The first-order valence-corrected chi connectivity index (χ1v) is 8.82. The third-order valence-electron chi connectivity index (χ3n) is 5.13. The summed E-state index contributed by atoms with van der Waals surface area (Å²) in [6, 6.07) is 7.91. The number of piperidine rings is 1. The average Bonchev–Trinajstić information content (AvgIpc) is 2.66. The lowest BCUT2D eigenvalue weighted by Gasteiger charge is -2.40. The van der Waals surface area contributed by atoms with E-state index in [1.54, 1.807) is 6.20 Å². The first-order valence-electron chi connectivity index (χ1n) is 8.82. The monoisotopic (exact) mass is 338 g/mol. The third-order valence-corrected chi connectivity index (χ3v) is 5.13. The van der Waals surface area contributed by atoms with E-state index in [1.165, 1.54) is 0 Å². The number of fused-ring (bicyclic) bond motifs is 2. The number of pyridine rings is 2. The van der Waals surface area contributed by atoms with Crippen molar-refractivity contribution in [3.63, 3.8) is 0 Å². The van der Waals surface area contributed by atoms with E-state index in [-0.39, 0.29) is 5.91 Å². The molecule has 4 rings (SSSR count). The molecule has 0 aliphatic carbocycles. The number of nitrogens with one attached hydrogen (secondary N) is 2. The van der Waals surface area contributed by atoms with E-state index < -0.39 is 5.41 Å². The van der Waals surface area contributed by atoms with Crippen LogP contribution in [0.2, 0.25) is 0 Å². The highest BCUT2D eigenvalue weighted by Crippen LogP contribution is 2.39. The van der Waals surface area contributed by atoms with Crippen molar-refractivity contribution in [3.8, 4) is 17.1 Å². The quantitative estimate of drug-likeness (QED) is 0.892. The van der Waals surface area contributed by atoms with E-state index in [1.807, 2.05) is 25.1 Å². The Kier molecular flexibility index (Phi) is 4.13. The molecule has 1 spiro atoms. The first-order chi connectivity index (χ1) is 12.2. The molecule has 2 aliphatic rings. The molecule has 0 bridgehead atoms. The SMILES string of the molecule is CCOc1ncccc1-c1ccc2c(n1)CNC(=O)C21CCNCC1. The van der Waals surface area contributed by atoms with E-state index in [9.17, 15) is 4.79 Å². The molecule has 0 atom stereocenters. The maximum atomic E-state index is 12.6. The van der Waals surface area contributed by atoms with Crippen molar-refractivity contribution in [2.75, 3.05) is 19.7 Å². The number of hydrogen-bond donors (Lipinski definition) is 2. The summed E-state index contributed by atoms with van der Waals surface area (Å²) in [5.74, 6) is 0.723. The van der Waals surface area contributed by atoms with Gasteiger partial charge < -0.3 is 15.4 Å². The second-order valence-electron chi connectivity index (χ2n) is 6.49. The Morgan fingerprint density at radius 1 is 1.24 bits per heavy atom. The summed E-state index contributed by atoms with van der Waals surface area (Å²) in [5, 5.41) is 6.38. The van der Waals surface area contributed by atoms with Crippen LogP contribution in [0.1, 0.15) is 31.0 Å². The Hall–Kier alpha value is -2.47. The van der Waals surface area contributed by atoms with Crippen molar-refractivity contribution in [1.29, 1.82) is 0 Å². The molecule has 0 radical (unpaired) electrons. The van der Waals surface area contributed by atoms with Gasteiger partial charge in [-0.2, -0.15) is 0 Å². The lowest BCUT2D eigenvalue weighted by atomic mass is 9.70. The summed E-state index contributed by atoms with van der Waals surface area (Å²) in [4.78, 5) is 21.8. The molecule has 2 N–H and O–H groups in total. The fraction of sp³-hybridized carbons (Fsp3) is 0.421. The van der Waals surface area contributed by atoms with Gasteiger partial charge in [-0.25, -0.2) is 4.98 Å². The molecule has 4 heterocycles. The Labute approximate surface area is 147 Å². The smallest absolute Gasteiger partial charge is 0.231 e. The Balaban J connectivity index is 1.77. The van der Waals surface area contributed by atoms with Gasteiger partial charge in [-0.15, -0.1) is 0 Å². The average molecular weight is 338 g/mol. The molecule has 2 aliphatic heterocycles. The zero-order valence-electron chi connectivity index (χ0n) is 14.3. The van der Waals surface area contributed by atoms with Gasteiger partial charge in [-0.05, 0) is 56.6 Å². The van der Waals surface area contributed by atoms with Crippen molar-refractivity contribution < 1.29 is 9.53 Å². The summed E-state index contributed by atoms with van der Waals surface area (Å²) < 4.78 is 5.63. The van der Waals surface area contributed by atoms with Gasteiger partial charge in [0, 0.05) is 6.20 Å². The van der Waals surface area contributed by atoms with Gasteiger partial charge in [0.25, 0.3) is 0 Å². The minimum atomic E-state index is -0.442. The predicted octanol–water partition coefficient (Wildman–Crippen LogP) is 1.79. The van der Waals surface area contributed by atoms with Crippen molar-refractivity contribution >= 4 is 5.91 Å². The van der Waals surface area contributed by atoms with Crippen LogP contribution >= 0.6 is 0 Å². The molecule has 2 aromatic rings. The summed E-state index contributed by atoms with van der Waals surface area (Å²) in [6.45, 7) is 4.68. The van der Waals surface area contributed by atoms with Crippen LogP contribution in [0.3, 0.4) is 0 Å². The second-order valence-corrected chi connectivity index (χ2v) is 6.49. The van der Waals surface area contributed by atoms with E-state index >= 15 is 0 Å². The largest absolute Gasteiger partial charge is 0.477 e. The molecule has 0 saturated carbocycles. The third kappa shape index (κ3) is 2.66. The van der Waals surface area contributed by atoms with Gasteiger partial charge in [-0.1, -0.05) is 6.07 Å². The first kappa shape index (κ1) is 16.0. The Bertz CT molecular complexity index is 800. The van der Waals surface area contributed by atoms with E-state index in [4.69, 9.17) is 9.72 Å². The van der Waals surface area contributed by atoms with Gasteiger partial charge in [-0.3, -0.25) is 9.78 Å². The Morgan fingerprint density at radius 2 is 2.08 bits per heavy atom. The summed E-state index contributed by atoms with van der Waals surface area (Å²) in [7, 11) is 0. The van der Waals surface area contributed by atoms with Crippen LogP contribution < -0.4 is 15.4 Å². The van der Waals surface area contributed by atoms with Gasteiger partial charge in [0.2, 0.25) is 11.8 Å². The van der Waals surface area contributed by atoms with Crippen LogP contribution in [0.15, 0.2) is 30.5 Å². The van der Waals surface area contributed by atoms with Crippen LogP contribution in [-0.4, -0.2) is 35.6 Å². The Morgan fingerprint density at radius 3 is 2.88 bits per heavy atom. The van der Waals surface area contributed by atoms with Crippen LogP contribution in [0, 0.1) is 0 Å². The molecule has 1 saturated heterocycles. The zero-order chi connectivity index (χ0) is 17.3. The minimum Gasteiger partial charge on any atom is -0.477 e. The number of rotatable bonds is 3. The number of ether oxygens (including phenoxy) is 1. The standard InChI is InChI=1S/C19H22N4O2/c1-2-25-17-13(4-3-9-21-17)15-6-5-14-16(23-15)12-22-18(24)19(14)7-10-20-11-8-19/h3-6,9,20H,2,7-8,10-12H2,1H3,(H,22,24). The van der Waals surface area contributed by atoms with Gasteiger partial charge in [0.1, 0.15) is 0 Å².